The van der Waals surface area contributed by atoms with Crippen LogP contribution in [0.1, 0.15) is 23.2 Å². The highest BCUT2D eigenvalue weighted by Crippen LogP contribution is 2.29. The van der Waals surface area contributed by atoms with E-state index in [9.17, 15) is 9.18 Å². The number of H-pyrrole nitrogens is 1. The molecule has 2 N–H and O–H groups in total. The predicted octanol–water partition coefficient (Wildman–Crippen LogP) is 3.46. The second kappa shape index (κ2) is 7.01. The minimum absolute atomic E-state index is 0.0886. The Hall–Kier alpha value is -2.51. The van der Waals surface area contributed by atoms with E-state index in [0.29, 0.717) is 23.7 Å². The van der Waals surface area contributed by atoms with Crippen molar-refractivity contribution in [1.82, 2.24) is 15.5 Å². The topological polar surface area (TPSA) is 60.6 Å². The van der Waals surface area contributed by atoms with Crippen LogP contribution in [0, 0.1) is 11.7 Å². The number of hydrazine groups is 1. The second-order valence-electron chi connectivity index (χ2n) is 6.40. The van der Waals surface area contributed by atoms with Crippen molar-refractivity contribution in [3.05, 3.63) is 64.9 Å². The molecular weight excluding hydrogens is 359 g/mol. The number of benzene rings is 1. The van der Waals surface area contributed by atoms with Crippen molar-refractivity contribution in [3.63, 3.8) is 0 Å². The van der Waals surface area contributed by atoms with Gasteiger partial charge in [-0.2, -0.15) is 0 Å². The number of nitrogens with zero attached hydrogens (tertiary/aromatic N) is 2. The lowest BCUT2D eigenvalue weighted by Gasteiger charge is -2.32. The zero-order chi connectivity index (χ0) is 18.1. The summed E-state index contributed by atoms with van der Waals surface area (Å²) < 4.78 is 13.1. The third-order valence-electron chi connectivity index (χ3n) is 4.61. The first-order chi connectivity index (χ1) is 12.6. The molecule has 0 bridgehead atoms. The monoisotopic (exact) mass is 376 g/mol. The quantitative estimate of drug-likeness (QED) is 0.861. The standard InChI is InChI=1S/C18H18ClFN4O2/c19-14-8-17(21-9-14)24-11-16(26-22-24)13-2-1-7-23(10-13)18(25)12-3-5-15(20)6-4-12/h3-6,8-9,11,13,21-22H,1-2,7,10H2. The van der Waals surface area contributed by atoms with Gasteiger partial charge in [0.25, 0.3) is 5.91 Å². The molecule has 2 aliphatic rings. The summed E-state index contributed by atoms with van der Waals surface area (Å²) in [6, 6.07) is 7.43. The number of aromatic amines is 1. The van der Waals surface area contributed by atoms with Gasteiger partial charge in [-0.25, -0.2) is 9.40 Å². The third kappa shape index (κ3) is 3.40. The van der Waals surface area contributed by atoms with E-state index < -0.39 is 0 Å². The average molecular weight is 377 g/mol. The molecule has 136 valence electrons. The van der Waals surface area contributed by atoms with E-state index in [1.165, 1.54) is 24.3 Å². The van der Waals surface area contributed by atoms with Gasteiger partial charge in [0, 0.05) is 36.8 Å². The van der Waals surface area contributed by atoms with Crippen molar-refractivity contribution in [1.29, 1.82) is 0 Å². The molecule has 3 heterocycles. The van der Waals surface area contributed by atoms with Crippen molar-refractivity contribution < 1.29 is 14.0 Å². The Morgan fingerprint density at radius 2 is 2.12 bits per heavy atom. The lowest BCUT2D eigenvalue weighted by molar-refractivity contribution is 0.0577. The van der Waals surface area contributed by atoms with E-state index in [1.807, 2.05) is 6.20 Å². The van der Waals surface area contributed by atoms with Crippen molar-refractivity contribution in [2.45, 2.75) is 12.8 Å². The maximum Gasteiger partial charge on any atom is 0.253 e. The summed E-state index contributed by atoms with van der Waals surface area (Å²) in [7, 11) is 0. The van der Waals surface area contributed by atoms with Gasteiger partial charge in [-0.1, -0.05) is 17.2 Å². The summed E-state index contributed by atoms with van der Waals surface area (Å²) in [6.45, 7) is 1.24. The van der Waals surface area contributed by atoms with Crippen molar-refractivity contribution >= 4 is 23.3 Å². The van der Waals surface area contributed by atoms with Gasteiger partial charge >= 0.3 is 0 Å². The van der Waals surface area contributed by atoms with Crippen LogP contribution in [0.15, 0.2) is 48.5 Å². The Morgan fingerprint density at radius 1 is 1.31 bits per heavy atom. The van der Waals surface area contributed by atoms with Crippen molar-refractivity contribution in [3.8, 4) is 0 Å². The van der Waals surface area contributed by atoms with Crippen LogP contribution in [0.5, 0.6) is 0 Å². The summed E-state index contributed by atoms with van der Waals surface area (Å²) in [5, 5.41) is 2.32. The SMILES string of the molecule is O=C(c1ccc(F)cc1)N1CCCC(C2=CN(c3cc(Cl)c[nH]3)NO2)C1. The number of anilines is 1. The molecule has 0 saturated carbocycles. The molecule has 0 radical (unpaired) electrons. The Labute approximate surface area is 155 Å². The van der Waals surface area contributed by atoms with E-state index in [2.05, 4.69) is 10.6 Å². The zero-order valence-corrected chi connectivity index (χ0v) is 14.7. The van der Waals surface area contributed by atoms with Gasteiger partial charge in [0.1, 0.15) is 17.4 Å². The molecule has 26 heavy (non-hydrogen) atoms. The molecule has 4 rings (SSSR count). The number of nitrogens with one attached hydrogen (secondary N) is 2. The summed E-state index contributed by atoms with van der Waals surface area (Å²) in [6.07, 6.45) is 5.36. The molecular formula is C18H18ClFN4O2. The molecule has 1 saturated heterocycles. The fraction of sp³-hybridized carbons (Fsp3) is 0.278. The van der Waals surface area contributed by atoms with Crippen LogP contribution in [-0.4, -0.2) is 28.9 Å². The van der Waals surface area contributed by atoms with E-state index in [1.54, 1.807) is 22.2 Å². The first-order valence-electron chi connectivity index (χ1n) is 8.42. The lowest BCUT2D eigenvalue weighted by Crippen LogP contribution is -2.40. The average Bonchev–Trinajstić information content (AvgIpc) is 3.31. The van der Waals surface area contributed by atoms with Crippen LogP contribution in [-0.2, 0) is 4.84 Å². The molecule has 1 unspecified atom stereocenters. The van der Waals surface area contributed by atoms with Gasteiger partial charge in [-0.05, 0) is 37.1 Å². The van der Waals surface area contributed by atoms with Crippen LogP contribution in [0.3, 0.4) is 0 Å². The van der Waals surface area contributed by atoms with Gasteiger partial charge in [0.2, 0.25) is 0 Å². The molecule has 6 nitrogen and oxygen atoms in total. The van der Waals surface area contributed by atoms with E-state index in [-0.39, 0.29) is 17.6 Å². The van der Waals surface area contributed by atoms with Gasteiger partial charge in [0.05, 0.1) is 11.2 Å². The first kappa shape index (κ1) is 16.9. The highest BCUT2D eigenvalue weighted by Gasteiger charge is 2.31. The third-order valence-corrected chi connectivity index (χ3v) is 4.83. The molecule has 0 aliphatic carbocycles. The predicted molar refractivity (Wildman–Crippen MR) is 95.6 cm³/mol. The van der Waals surface area contributed by atoms with Gasteiger partial charge in [-0.3, -0.25) is 4.79 Å². The molecule has 2 aromatic rings. The number of aromatic nitrogens is 1. The van der Waals surface area contributed by atoms with Crippen molar-refractivity contribution in [2.24, 2.45) is 5.92 Å². The normalized spacial score (nSPS) is 20.1. The molecule has 8 heteroatoms. The van der Waals surface area contributed by atoms with Crippen LogP contribution < -0.4 is 10.6 Å². The van der Waals surface area contributed by atoms with Crippen LogP contribution in [0.2, 0.25) is 5.02 Å². The van der Waals surface area contributed by atoms with Crippen LogP contribution in [0.4, 0.5) is 10.2 Å². The summed E-state index contributed by atoms with van der Waals surface area (Å²) in [5.74, 6) is 1.19. The number of amides is 1. The van der Waals surface area contributed by atoms with E-state index in [4.69, 9.17) is 16.4 Å². The second-order valence-corrected chi connectivity index (χ2v) is 6.83. The minimum Gasteiger partial charge on any atom is -0.391 e. The van der Waals surface area contributed by atoms with Crippen molar-refractivity contribution in [2.75, 3.05) is 18.1 Å². The Kier molecular flexibility index (Phi) is 4.57. The maximum absolute atomic E-state index is 13.1. The van der Waals surface area contributed by atoms with E-state index in [0.717, 1.165) is 24.4 Å². The largest absolute Gasteiger partial charge is 0.391 e. The Morgan fingerprint density at radius 3 is 2.85 bits per heavy atom. The number of rotatable bonds is 3. The van der Waals surface area contributed by atoms with Crippen LogP contribution in [0.25, 0.3) is 0 Å². The molecule has 1 amide bonds. The smallest absolute Gasteiger partial charge is 0.253 e. The number of piperidine rings is 1. The molecule has 2 aliphatic heterocycles. The number of likely N-dealkylation sites (tertiary alicyclic amines) is 1. The Bertz CT molecular complexity index is 836. The number of hydrogen-bond acceptors (Lipinski definition) is 4. The van der Waals surface area contributed by atoms with Gasteiger partial charge < -0.3 is 14.7 Å². The summed E-state index contributed by atoms with van der Waals surface area (Å²) in [5.41, 5.74) is 3.32. The number of halogens is 2. The summed E-state index contributed by atoms with van der Waals surface area (Å²) in [4.78, 5) is 23.1. The Balaban J connectivity index is 1.45. The van der Waals surface area contributed by atoms with Gasteiger partial charge in [-0.15, -0.1) is 0 Å². The van der Waals surface area contributed by atoms with Crippen LogP contribution >= 0.6 is 11.6 Å². The summed E-state index contributed by atoms with van der Waals surface area (Å²) >= 11 is 5.93. The molecule has 1 aromatic carbocycles. The minimum atomic E-state index is -0.349. The van der Waals surface area contributed by atoms with E-state index >= 15 is 0 Å². The molecule has 1 atom stereocenters. The fourth-order valence-electron chi connectivity index (χ4n) is 3.25. The molecule has 1 aromatic heterocycles. The number of carbonyl (C=O) groups excluding carboxylic acids is 1. The van der Waals surface area contributed by atoms with Gasteiger partial charge in [0.15, 0.2) is 0 Å². The fourth-order valence-corrected chi connectivity index (χ4v) is 3.41. The number of hydrogen-bond donors (Lipinski definition) is 2. The highest BCUT2D eigenvalue weighted by atomic mass is 35.5. The first-order valence-corrected chi connectivity index (χ1v) is 8.80. The lowest BCUT2D eigenvalue weighted by atomic mass is 9.95. The number of carbonyl (C=O) groups is 1. The zero-order valence-electron chi connectivity index (χ0n) is 13.9. The maximum atomic E-state index is 13.1. The molecule has 1 fully saturated rings. The highest BCUT2D eigenvalue weighted by molar-refractivity contribution is 6.30. The molecule has 0 spiro atoms.